The van der Waals surface area contributed by atoms with Gasteiger partial charge in [-0.2, -0.15) is 0 Å². The molecule has 0 unspecified atom stereocenters. The second-order valence-electron chi connectivity index (χ2n) is 4.16. The van der Waals surface area contributed by atoms with Crippen molar-refractivity contribution in [1.29, 1.82) is 0 Å². The molecule has 0 aromatic heterocycles. The summed E-state index contributed by atoms with van der Waals surface area (Å²) in [7, 11) is 0. The maximum atomic E-state index is 11.5. The molecular weight excluding hydrogens is 230 g/mol. The topological polar surface area (TPSA) is 84.2 Å². The fraction of sp³-hybridized carbons (Fsp3) is 0.385. The molecule has 0 heterocycles. The summed E-state index contributed by atoms with van der Waals surface area (Å²) in [5.41, 5.74) is 6.94. The highest BCUT2D eigenvalue weighted by Crippen LogP contribution is 2.07. The van der Waals surface area contributed by atoms with E-state index in [0.29, 0.717) is 19.4 Å². The third kappa shape index (κ3) is 6.00. The minimum atomic E-state index is -0.319. The number of carbonyl (C=O) groups is 2. The number of nitrogens with one attached hydrogen (secondary N) is 2. The zero-order valence-corrected chi connectivity index (χ0v) is 10.5. The number of anilines is 1. The third-order valence-corrected chi connectivity index (χ3v) is 2.40. The Hall–Kier alpha value is -1.88. The van der Waals surface area contributed by atoms with Gasteiger partial charge >= 0.3 is 0 Å². The number of carbonyl (C=O) groups excluding carboxylic acids is 2. The molecule has 0 aliphatic heterocycles. The average molecular weight is 249 g/mol. The van der Waals surface area contributed by atoms with E-state index >= 15 is 0 Å². The molecule has 1 aromatic rings. The van der Waals surface area contributed by atoms with Gasteiger partial charge < -0.3 is 16.4 Å². The van der Waals surface area contributed by atoms with E-state index in [1.165, 1.54) is 0 Å². The van der Waals surface area contributed by atoms with E-state index in [1.807, 2.05) is 31.2 Å². The molecule has 0 spiro atoms. The van der Waals surface area contributed by atoms with Crippen molar-refractivity contribution in [3.63, 3.8) is 0 Å². The van der Waals surface area contributed by atoms with Crippen LogP contribution in [0.1, 0.15) is 18.4 Å². The summed E-state index contributed by atoms with van der Waals surface area (Å²) in [4.78, 5) is 22.0. The lowest BCUT2D eigenvalue weighted by molar-refractivity contribution is -0.118. The lowest BCUT2D eigenvalue weighted by Crippen LogP contribution is -2.29. The Kier molecular flexibility index (Phi) is 5.87. The van der Waals surface area contributed by atoms with E-state index in [0.717, 1.165) is 11.3 Å². The number of amides is 2. The van der Waals surface area contributed by atoms with E-state index in [1.54, 1.807) is 0 Å². The van der Waals surface area contributed by atoms with Gasteiger partial charge in [0.25, 0.3) is 0 Å². The van der Waals surface area contributed by atoms with E-state index in [4.69, 9.17) is 5.73 Å². The molecule has 0 atom stereocenters. The first-order chi connectivity index (χ1) is 8.58. The second-order valence-corrected chi connectivity index (χ2v) is 4.16. The first-order valence-corrected chi connectivity index (χ1v) is 5.93. The summed E-state index contributed by atoms with van der Waals surface area (Å²) in [6.45, 7) is 2.82. The predicted molar refractivity (Wildman–Crippen MR) is 71.1 cm³/mol. The molecule has 0 aliphatic rings. The lowest BCUT2D eigenvalue weighted by Gasteiger charge is -2.06. The molecule has 0 aliphatic carbocycles. The van der Waals surface area contributed by atoms with Crippen LogP contribution in [0.4, 0.5) is 5.69 Å². The van der Waals surface area contributed by atoms with Crippen LogP contribution in [0.5, 0.6) is 0 Å². The maximum Gasteiger partial charge on any atom is 0.238 e. The zero-order valence-electron chi connectivity index (χ0n) is 10.5. The summed E-state index contributed by atoms with van der Waals surface area (Å²) >= 11 is 0. The van der Waals surface area contributed by atoms with Gasteiger partial charge in [-0.25, -0.2) is 0 Å². The molecule has 5 nitrogen and oxygen atoms in total. The van der Waals surface area contributed by atoms with Gasteiger partial charge in [0.1, 0.15) is 0 Å². The normalized spacial score (nSPS) is 10.1. The maximum absolute atomic E-state index is 11.5. The fourth-order valence-electron chi connectivity index (χ4n) is 1.43. The van der Waals surface area contributed by atoms with Crippen LogP contribution >= 0.6 is 0 Å². The van der Waals surface area contributed by atoms with Crippen molar-refractivity contribution in [3.05, 3.63) is 29.8 Å². The number of primary amides is 1. The Bertz CT molecular complexity index is 401. The molecule has 98 valence electrons. The first kappa shape index (κ1) is 14.2. The largest absolute Gasteiger partial charge is 0.370 e. The third-order valence-electron chi connectivity index (χ3n) is 2.40. The molecule has 4 N–H and O–H groups in total. The molecule has 0 saturated heterocycles. The van der Waals surface area contributed by atoms with Crippen LogP contribution in [0.25, 0.3) is 0 Å². The van der Waals surface area contributed by atoms with Gasteiger partial charge in [0.05, 0.1) is 6.54 Å². The number of rotatable bonds is 7. The van der Waals surface area contributed by atoms with Crippen LogP contribution < -0.4 is 16.4 Å². The van der Waals surface area contributed by atoms with Gasteiger partial charge in [-0.05, 0) is 32.0 Å². The predicted octanol–water partition coefficient (Wildman–Crippen LogP) is 0.789. The van der Waals surface area contributed by atoms with Gasteiger partial charge in [0, 0.05) is 12.1 Å². The van der Waals surface area contributed by atoms with Gasteiger partial charge in [-0.3, -0.25) is 9.59 Å². The Labute approximate surface area is 107 Å². The monoisotopic (exact) mass is 249 g/mol. The van der Waals surface area contributed by atoms with Crippen LogP contribution in [0.15, 0.2) is 24.3 Å². The van der Waals surface area contributed by atoms with Crippen molar-refractivity contribution in [2.24, 2.45) is 5.73 Å². The van der Waals surface area contributed by atoms with Crippen LogP contribution in [0.2, 0.25) is 0 Å². The van der Waals surface area contributed by atoms with Crippen LogP contribution in [0, 0.1) is 6.92 Å². The van der Waals surface area contributed by atoms with Crippen molar-refractivity contribution < 1.29 is 9.59 Å². The molecule has 18 heavy (non-hydrogen) atoms. The van der Waals surface area contributed by atoms with Gasteiger partial charge in [-0.1, -0.05) is 17.7 Å². The smallest absolute Gasteiger partial charge is 0.238 e. The number of nitrogens with two attached hydrogens (primary N) is 1. The average Bonchev–Trinajstić information content (AvgIpc) is 2.31. The first-order valence-electron chi connectivity index (χ1n) is 5.93. The van der Waals surface area contributed by atoms with E-state index in [2.05, 4.69) is 10.6 Å². The van der Waals surface area contributed by atoms with E-state index in [9.17, 15) is 9.59 Å². The Morgan fingerprint density at radius 1 is 1.22 bits per heavy atom. The summed E-state index contributed by atoms with van der Waals surface area (Å²) in [6.07, 6.45) is 0.986. The molecule has 5 heteroatoms. The van der Waals surface area contributed by atoms with Crippen molar-refractivity contribution in [1.82, 2.24) is 5.32 Å². The fourth-order valence-corrected chi connectivity index (χ4v) is 1.43. The number of hydrogen-bond donors (Lipinski definition) is 3. The van der Waals surface area contributed by atoms with Gasteiger partial charge in [0.15, 0.2) is 0 Å². The van der Waals surface area contributed by atoms with Crippen LogP contribution in [-0.2, 0) is 9.59 Å². The molecule has 1 aromatic carbocycles. The molecule has 0 radical (unpaired) electrons. The molecular formula is C13H19N3O2. The van der Waals surface area contributed by atoms with E-state index < -0.39 is 0 Å². The van der Waals surface area contributed by atoms with Crippen LogP contribution in [0.3, 0.4) is 0 Å². The van der Waals surface area contributed by atoms with Crippen molar-refractivity contribution in [2.45, 2.75) is 19.8 Å². The number of aryl methyl sites for hydroxylation is 1. The molecule has 2 amide bonds. The Morgan fingerprint density at radius 2 is 1.89 bits per heavy atom. The molecule has 1 rings (SSSR count). The Morgan fingerprint density at radius 3 is 2.50 bits per heavy atom. The summed E-state index contributed by atoms with van der Waals surface area (Å²) < 4.78 is 0. The van der Waals surface area contributed by atoms with Crippen molar-refractivity contribution in [3.8, 4) is 0 Å². The standard InChI is InChI=1S/C13H19N3O2/c1-10-4-6-11(7-5-10)16-13(18)9-15-8-2-3-12(14)17/h4-7,15H,2-3,8-9H2,1H3,(H2,14,17)(H,16,18). The summed E-state index contributed by atoms with van der Waals surface area (Å²) in [5, 5.41) is 5.73. The van der Waals surface area contributed by atoms with Crippen LogP contribution in [-0.4, -0.2) is 24.9 Å². The molecule has 0 saturated carbocycles. The number of hydrogen-bond acceptors (Lipinski definition) is 3. The highest BCUT2D eigenvalue weighted by atomic mass is 16.2. The van der Waals surface area contributed by atoms with Gasteiger partial charge in [0.2, 0.25) is 11.8 Å². The van der Waals surface area contributed by atoms with Crippen molar-refractivity contribution >= 4 is 17.5 Å². The second kappa shape index (κ2) is 7.45. The summed E-state index contributed by atoms with van der Waals surface area (Å²) in [6, 6.07) is 7.60. The molecule has 0 bridgehead atoms. The Balaban J connectivity index is 2.17. The minimum Gasteiger partial charge on any atom is -0.370 e. The summed E-state index contributed by atoms with van der Waals surface area (Å²) in [5.74, 6) is -0.418. The quantitative estimate of drug-likeness (QED) is 0.625. The minimum absolute atomic E-state index is 0.0991. The highest BCUT2D eigenvalue weighted by molar-refractivity contribution is 5.92. The zero-order chi connectivity index (χ0) is 13.4. The SMILES string of the molecule is Cc1ccc(NC(=O)CNCCCC(N)=O)cc1. The van der Waals surface area contributed by atoms with Crippen molar-refractivity contribution in [2.75, 3.05) is 18.4 Å². The van der Waals surface area contributed by atoms with Gasteiger partial charge in [-0.15, -0.1) is 0 Å². The number of benzene rings is 1. The highest BCUT2D eigenvalue weighted by Gasteiger charge is 2.01. The van der Waals surface area contributed by atoms with E-state index in [-0.39, 0.29) is 18.4 Å². The lowest BCUT2D eigenvalue weighted by atomic mass is 10.2. The molecule has 0 fully saturated rings.